The van der Waals surface area contributed by atoms with Crippen LogP contribution in [0, 0.1) is 17.0 Å². The van der Waals surface area contributed by atoms with Gasteiger partial charge in [-0.15, -0.1) is 0 Å². The van der Waals surface area contributed by atoms with Crippen molar-refractivity contribution in [3.8, 4) is 0 Å². The van der Waals surface area contributed by atoms with Gasteiger partial charge in [-0.25, -0.2) is 8.42 Å². The molecule has 4 aromatic rings. The third kappa shape index (κ3) is 3.83. The summed E-state index contributed by atoms with van der Waals surface area (Å²) in [4.78, 5) is 23.9. The van der Waals surface area contributed by atoms with E-state index in [1.54, 1.807) is 36.4 Å². The van der Waals surface area contributed by atoms with Gasteiger partial charge in [-0.1, -0.05) is 54.1 Å². The van der Waals surface area contributed by atoms with E-state index in [1.165, 1.54) is 36.4 Å². The van der Waals surface area contributed by atoms with E-state index >= 15 is 0 Å². The van der Waals surface area contributed by atoms with Crippen LogP contribution in [0.1, 0.15) is 15.9 Å². The molecule has 0 aliphatic heterocycles. The lowest BCUT2D eigenvalue weighted by molar-refractivity contribution is -0.384. The molecule has 0 unspecified atom stereocenters. The van der Waals surface area contributed by atoms with Crippen molar-refractivity contribution in [1.82, 2.24) is 0 Å². The van der Waals surface area contributed by atoms with Crippen LogP contribution in [0.4, 0.5) is 11.4 Å². The molecule has 0 radical (unpaired) electrons. The zero-order valence-corrected chi connectivity index (χ0v) is 17.8. The summed E-state index contributed by atoms with van der Waals surface area (Å²) < 4.78 is 28.1. The summed E-state index contributed by atoms with van der Waals surface area (Å²) >= 11 is 0. The SMILES string of the molecule is Cc1ccc(S(=O)(=O)N(C(=O)c2ccc([N+](=O)[O-])cc2)c2cccc3ccccc23)cc1. The molecule has 8 heteroatoms. The van der Waals surface area contributed by atoms with Crippen molar-refractivity contribution >= 4 is 38.1 Å². The number of fused-ring (bicyclic) bond motifs is 1. The van der Waals surface area contributed by atoms with Gasteiger partial charge in [-0.3, -0.25) is 14.9 Å². The van der Waals surface area contributed by atoms with E-state index < -0.39 is 20.9 Å². The Morgan fingerprint density at radius 1 is 0.844 bits per heavy atom. The van der Waals surface area contributed by atoms with Gasteiger partial charge in [0.05, 0.1) is 15.5 Å². The lowest BCUT2D eigenvalue weighted by atomic mass is 10.1. The third-order valence-corrected chi connectivity index (χ3v) is 6.77. The molecule has 0 atom stereocenters. The van der Waals surface area contributed by atoms with Crippen LogP contribution in [0.5, 0.6) is 0 Å². The summed E-state index contributed by atoms with van der Waals surface area (Å²) in [6.07, 6.45) is 0. The highest BCUT2D eigenvalue weighted by Crippen LogP contribution is 2.33. The number of carbonyl (C=O) groups excluding carboxylic acids is 1. The molecule has 4 rings (SSSR count). The number of nitrogens with zero attached hydrogens (tertiary/aromatic N) is 2. The summed E-state index contributed by atoms with van der Waals surface area (Å²) in [7, 11) is -4.29. The molecule has 0 saturated heterocycles. The Bertz CT molecular complexity index is 1420. The van der Waals surface area contributed by atoms with Crippen molar-refractivity contribution in [3.63, 3.8) is 0 Å². The van der Waals surface area contributed by atoms with E-state index in [1.807, 2.05) is 25.1 Å². The van der Waals surface area contributed by atoms with Crippen molar-refractivity contribution in [2.45, 2.75) is 11.8 Å². The first-order valence-electron chi connectivity index (χ1n) is 9.67. The minimum Gasteiger partial charge on any atom is -0.268 e. The predicted octanol–water partition coefficient (Wildman–Crippen LogP) is 5.09. The minimum atomic E-state index is -4.29. The van der Waals surface area contributed by atoms with Crippen LogP contribution in [0.15, 0.2) is 95.9 Å². The minimum absolute atomic E-state index is 0.0132. The Balaban J connectivity index is 1.93. The van der Waals surface area contributed by atoms with Gasteiger partial charge in [0, 0.05) is 23.1 Å². The molecule has 0 heterocycles. The average molecular weight is 446 g/mol. The van der Waals surface area contributed by atoms with Gasteiger partial charge in [0.1, 0.15) is 0 Å². The summed E-state index contributed by atoms with van der Waals surface area (Å²) in [6.45, 7) is 1.83. The lowest BCUT2D eigenvalue weighted by Gasteiger charge is -2.24. The monoisotopic (exact) mass is 446 g/mol. The second kappa shape index (κ2) is 8.24. The summed E-state index contributed by atoms with van der Waals surface area (Å²) in [5, 5.41) is 12.3. The highest BCUT2D eigenvalue weighted by molar-refractivity contribution is 7.93. The highest BCUT2D eigenvalue weighted by Gasteiger charge is 2.33. The van der Waals surface area contributed by atoms with Gasteiger partial charge in [0.2, 0.25) is 0 Å². The largest absolute Gasteiger partial charge is 0.272 e. The number of rotatable bonds is 5. The molecule has 0 N–H and O–H groups in total. The fraction of sp³-hybridized carbons (Fsp3) is 0.0417. The van der Waals surface area contributed by atoms with E-state index in [4.69, 9.17) is 0 Å². The van der Waals surface area contributed by atoms with Gasteiger partial charge in [-0.05, 0) is 42.6 Å². The van der Waals surface area contributed by atoms with Gasteiger partial charge in [0.15, 0.2) is 0 Å². The zero-order valence-electron chi connectivity index (χ0n) is 17.0. The fourth-order valence-electron chi connectivity index (χ4n) is 3.39. The lowest BCUT2D eigenvalue weighted by Crippen LogP contribution is -2.37. The predicted molar refractivity (Wildman–Crippen MR) is 122 cm³/mol. The molecule has 0 saturated carbocycles. The van der Waals surface area contributed by atoms with E-state index in [9.17, 15) is 23.3 Å². The summed E-state index contributed by atoms with van der Waals surface area (Å²) in [5.74, 6) is -0.808. The molecule has 0 spiro atoms. The smallest absolute Gasteiger partial charge is 0.268 e. The third-order valence-electron chi connectivity index (χ3n) is 5.05. The molecule has 7 nitrogen and oxygen atoms in total. The Hall–Kier alpha value is -4.04. The standard InChI is InChI=1S/C24H18N2O5S/c1-17-9-15-21(16-10-17)32(30,31)25(23-8-4-6-18-5-2-3-7-22(18)23)24(27)19-11-13-20(14-12-19)26(28)29/h2-16H,1H3. The number of aryl methyl sites for hydroxylation is 1. The number of non-ortho nitro benzene ring substituents is 1. The first-order valence-corrected chi connectivity index (χ1v) is 11.1. The number of benzene rings is 4. The van der Waals surface area contributed by atoms with Crippen LogP contribution in [0.2, 0.25) is 0 Å². The average Bonchev–Trinajstić information content (AvgIpc) is 2.79. The van der Waals surface area contributed by atoms with E-state index in [-0.39, 0.29) is 21.8 Å². The molecule has 1 amide bonds. The number of nitro groups is 1. The van der Waals surface area contributed by atoms with E-state index in [0.717, 1.165) is 15.3 Å². The van der Waals surface area contributed by atoms with Crippen molar-refractivity contribution < 1.29 is 18.1 Å². The topological polar surface area (TPSA) is 97.6 Å². The molecule has 0 aliphatic carbocycles. The van der Waals surface area contributed by atoms with Crippen LogP contribution >= 0.6 is 0 Å². The Morgan fingerprint density at radius 3 is 2.12 bits per heavy atom. The number of sulfonamides is 1. The number of amides is 1. The second-order valence-electron chi connectivity index (χ2n) is 7.19. The summed E-state index contributed by atoms with van der Waals surface area (Å²) in [6, 6.07) is 23.3. The van der Waals surface area contributed by atoms with Crippen LogP contribution in [-0.4, -0.2) is 19.2 Å². The van der Waals surface area contributed by atoms with Gasteiger partial charge < -0.3 is 0 Å². The molecular weight excluding hydrogens is 428 g/mol. The fourth-order valence-corrected chi connectivity index (χ4v) is 4.82. The second-order valence-corrected chi connectivity index (χ2v) is 8.98. The number of hydrogen-bond donors (Lipinski definition) is 0. The maximum atomic E-state index is 13.7. The molecule has 0 bridgehead atoms. The Morgan fingerprint density at radius 2 is 1.47 bits per heavy atom. The van der Waals surface area contributed by atoms with Crippen molar-refractivity contribution in [1.29, 1.82) is 0 Å². The van der Waals surface area contributed by atoms with E-state index in [0.29, 0.717) is 5.39 Å². The number of hydrogen-bond acceptors (Lipinski definition) is 5. The van der Waals surface area contributed by atoms with Gasteiger partial charge in [0.25, 0.3) is 21.6 Å². The molecule has 4 aromatic carbocycles. The van der Waals surface area contributed by atoms with Gasteiger partial charge in [-0.2, -0.15) is 4.31 Å². The van der Waals surface area contributed by atoms with Crippen molar-refractivity contribution in [2.24, 2.45) is 0 Å². The summed E-state index contributed by atoms with van der Waals surface area (Å²) in [5.41, 5.74) is 0.897. The van der Waals surface area contributed by atoms with Crippen molar-refractivity contribution in [3.05, 3.63) is 112 Å². The molecule has 160 valence electrons. The normalized spacial score (nSPS) is 11.3. The van der Waals surface area contributed by atoms with Crippen LogP contribution < -0.4 is 4.31 Å². The Kier molecular flexibility index (Phi) is 5.46. The zero-order chi connectivity index (χ0) is 22.9. The van der Waals surface area contributed by atoms with Gasteiger partial charge >= 0.3 is 0 Å². The highest BCUT2D eigenvalue weighted by atomic mass is 32.2. The molecule has 32 heavy (non-hydrogen) atoms. The van der Waals surface area contributed by atoms with Crippen molar-refractivity contribution in [2.75, 3.05) is 4.31 Å². The number of anilines is 1. The molecule has 0 aliphatic rings. The van der Waals surface area contributed by atoms with Crippen LogP contribution in [-0.2, 0) is 10.0 Å². The molecule has 0 fully saturated rings. The van der Waals surface area contributed by atoms with E-state index in [2.05, 4.69) is 0 Å². The maximum absolute atomic E-state index is 13.7. The number of nitro benzene ring substituents is 1. The quantitative estimate of drug-likeness (QED) is 0.314. The van der Waals surface area contributed by atoms with Crippen LogP contribution in [0.3, 0.4) is 0 Å². The first kappa shape index (κ1) is 21.2. The maximum Gasteiger partial charge on any atom is 0.272 e. The number of carbonyl (C=O) groups is 1. The molecular formula is C24H18N2O5S. The first-order chi connectivity index (χ1) is 15.3. The molecule has 0 aromatic heterocycles. The Labute approximate surface area is 184 Å². The van der Waals surface area contributed by atoms with Crippen LogP contribution in [0.25, 0.3) is 10.8 Å².